The number of nitrogens with zero attached hydrogens (tertiary/aromatic N) is 3. The van der Waals surface area contributed by atoms with Crippen molar-refractivity contribution >= 4 is 22.9 Å². The van der Waals surface area contributed by atoms with Crippen LogP contribution in [0.1, 0.15) is 18.5 Å². The van der Waals surface area contributed by atoms with Gasteiger partial charge in [0.2, 0.25) is 0 Å². The number of aromatic nitrogens is 2. The largest absolute Gasteiger partial charge is 0.399 e. The molecule has 0 spiro atoms. The minimum absolute atomic E-state index is 0.719. The number of hydrogen-bond donors (Lipinski definition) is 1. The van der Waals surface area contributed by atoms with E-state index >= 15 is 0 Å². The van der Waals surface area contributed by atoms with E-state index in [1.165, 1.54) is 18.5 Å². The quantitative estimate of drug-likeness (QED) is 0.744. The van der Waals surface area contributed by atoms with Crippen molar-refractivity contribution in [2.45, 2.75) is 19.4 Å². The first-order valence-corrected chi connectivity index (χ1v) is 8.33. The van der Waals surface area contributed by atoms with E-state index in [0.717, 1.165) is 47.2 Å². The summed E-state index contributed by atoms with van der Waals surface area (Å²) in [5.74, 6) is 0. The second-order valence-electron chi connectivity index (χ2n) is 6.09. The number of likely N-dealkylation sites (tertiary alicyclic amines) is 1. The molecule has 0 atom stereocenters. The van der Waals surface area contributed by atoms with E-state index < -0.39 is 0 Å². The van der Waals surface area contributed by atoms with Crippen LogP contribution >= 0.6 is 11.6 Å². The molecular weight excluding hydrogens is 308 g/mol. The summed E-state index contributed by atoms with van der Waals surface area (Å²) < 4.78 is 2.11. The zero-order chi connectivity index (χ0) is 15.8. The summed E-state index contributed by atoms with van der Waals surface area (Å²) in [5, 5.41) is 0.719. The van der Waals surface area contributed by atoms with E-state index in [0.29, 0.717) is 0 Å². The predicted molar refractivity (Wildman–Crippen MR) is 94.6 cm³/mol. The topological polar surface area (TPSA) is 46.6 Å². The average molecular weight is 327 g/mol. The van der Waals surface area contributed by atoms with Gasteiger partial charge >= 0.3 is 0 Å². The standard InChI is InChI=1S/C18H19ClN4/c19-14-6-7-17-21-18(13-4-3-5-15(20)10-13)16(23(17)11-14)12-22-8-1-2-9-22/h3-7,10-11H,1-2,8-9,12,20H2. The van der Waals surface area contributed by atoms with Crippen molar-refractivity contribution in [1.29, 1.82) is 0 Å². The molecule has 4 nitrogen and oxygen atoms in total. The fraction of sp³-hybridized carbons (Fsp3) is 0.278. The first kappa shape index (κ1) is 14.5. The number of imidazole rings is 1. The van der Waals surface area contributed by atoms with Gasteiger partial charge in [-0.25, -0.2) is 4.98 Å². The molecule has 1 saturated heterocycles. The van der Waals surface area contributed by atoms with Gasteiger partial charge in [-0.15, -0.1) is 0 Å². The lowest BCUT2D eigenvalue weighted by Gasteiger charge is -2.15. The normalized spacial score (nSPS) is 15.5. The van der Waals surface area contributed by atoms with E-state index in [2.05, 4.69) is 15.4 Å². The smallest absolute Gasteiger partial charge is 0.137 e. The van der Waals surface area contributed by atoms with Crippen LogP contribution in [-0.2, 0) is 6.54 Å². The Hall–Kier alpha value is -2.04. The van der Waals surface area contributed by atoms with Gasteiger partial charge in [0.05, 0.1) is 16.4 Å². The van der Waals surface area contributed by atoms with Crippen LogP contribution < -0.4 is 5.73 Å². The van der Waals surface area contributed by atoms with Crippen molar-refractivity contribution in [3.05, 3.63) is 53.3 Å². The molecule has 118 valence electrons. The Bertz CT molecular complexity index is 849. The summed E-state index contributed by atoms with van der Waals surface area (Å²) in [5.41, 5.74) is 10.9. The monoisotopic (exact) mass is 326 g/mol. The number of nitrogen functional groups attached to an aromatic ring is 1. The van der Waals surface area contributed by atoms with Crippen LogP contribution in [0.3, 0.4) is 0 Å². The van der Waals surface area contributed by atoms with Gasteiger partial charge in [0.1, 0.15) is 5.65 Å². The number of nitrogens with two attached hydrogens (primary N) is 1. The molecule has 5 heteroatoms. The molecule has 2 aromatic heterocycles. The van der Waals surface area contributed by atoms with Crippen molar-refractivity contribution in [3.63, 3.8) is 0 Å². The predicted octanol–water partition coefficient (Wildman–Crippen LogP) is 3.83. The molecule has 4 rings (SSSR count). The molecule has 1 aliphatic rings. The molecule has 0 aliphatic carbocycles. The second kappa shape index (κ2) is 5.87. The van der Waals surface area contributed by atoms with Gasteiger partial charge in [-0.3, -0.25) is 4.90 Å². The molecule has 0 amide bonds. The van der Waals surface area contributed by atoms with Crippen LogP contribution in [0, 0.1) is 0 Å². The molecule has 3 aromatic rings. The number of hydrogen-bond acceptors (Lipinski definition) is 3. The first-order chi connectivity index (χ1) is 11.2. The highest BCUT2D eigenvalue weighted by atomic mass is 35.5. The molecule has 0 bridgehead atoms. The van der Waals surface area contributed by atoms with Gasteiger partial charge < -0.3 is 10.1 Å². The van der Waals surface area contributed by atoms with Gasteiger partial charge in [-0.05, 0) is 50.2 Å². The Morgan fingerprint density at radius 2 is 1.96 bits per heavy atom. The van der Waals surface area contributed by atoms with Gasteiger partial charge in [-0.2, -0.15) is 0 Å². The lowest BCUT2D eigenvalue weighted by atomic mass is 10.1. The van der Waals surface area contributed by atoms with Gasteiger partial charge in [-0.1, -0.05) is 23.7 Å². The fourth-order valence-electron chi connectivity index (χ4n) is 3.29. The van der Waals surface area contributed by atoms with Crippen LogP contribution in [0.15, 0.2) is 42.6 Å². The lowest BCUT2D eigenvalue weighted by molar-refractivity contribution is 0.327. The minimum atomic E-state index is 0.719. The van der Waals surface area contributed by atoms with Gasteiger partial charge in [0.15, 0.2) is 0 Å². The number of benzene rings is 1. The first-order valence-electron chi connectivity index (χ1n) is 7.95. The van der Waals surface area contributed by atoms with Crippen molar-refractivity contribution < 1.29 is 0 Å². The highest BCUT2D eigenvalue weighted by Crippen LogP contribution is 2.28. The van der Waals surface area contributed by atoms with Crippen molar-refractivity contribution in [2.24, 2.45) is 0 Å². The van der Waals surface area contributed by atoms with Crippen LogP contribution in [0.5, 0.6) is 0 Å². The molecule has 23 heavy (non-hydrogen) atoms. The minimum Gasteiger partial charge on any atom is -0.399 e. The van der Waals surface area contributed by atoms with Crippen LogP contribution in [0.4, 0.5) is 5.69 Å². The summed E-state index contributed by atoms with van der Waals surface area (Å²) in [6.07, 6.45) is 4.49. The number of halogens is 1. The van der Waals surface area contributed by atoms with Gasteiger partial charge in [0.25, 0.3) is 0 Å². The molecule has 0 saturated carbocycles. The van der Waals surface area contributed by atoms with E-state index in [1.54, 1.807) is 0 Å². The van der Waals surface area contributed by atoms with E-state index in [1.807, 2.05) is 36.5 Å². The maximum Gasteiger partial charge on any atom is 0.137 e. The number of anilines is 1. The van der Waals surface area contributed by atoms with E-state index in [9.17, 15) is 0 Å². The molecular formula is C18H19ClN4. The molecule has 1 aliphatic heterocycles. The molecule has 0 radical (unpaired) electrons. The summed E-state index contributed by atoms with van der Waals surface area (Å²) in [6, 6.07) is 11.8. The SMILES string of the molecule is Nc1cccc(-c2nc3ccc(Cl)cn3c2CN2CCCC2)c1. The average Bonchev–Trinajstić information content (AvgIpc) is 3.16. The summed E-state index contributed by atoms with van der Waals surface area (Å²) >= 11 is 6.21. The summed E-state index contributed by atoms with van der Waals surface area (Å²) in [6.45, 7) is 3.17. The maximum absolute atomic E-state index is 6.21. The fourth-order valence-corrected chi connectivity index (χ4v) is 3.45. The molecule has 3 heterocycles. The number of pyridine rings is 1. The molecule has 2 N–H and O–H groups in total. The van der Waals surface area contributed by atoms with E-state index in [4.69, 9.17) is 22.3 Å². The Morgan fingerprint density at radius 3 is 2.74 bits per heavy atom. The highest BCUT2D eigenvalue weighted by molar-refractivity contribution is 6.30. The maximum atomic E-state index is 6.21. The van der Waals surface area contributed by atoms with Crippen molar-refractivity contribution in [3.8, 4) is 11.3 Å². The van der Waals surface area contributed by atoms with Crippen LogP contribution in [0.2, 0.25) is 5.02 Å². The Morgan fingerprint density at radius 1 is 1.13 bits per heavy atom. The van der Waals surface area contributed by atoms with Crippen LogP contribution in [-0.4, -0.2) is 27.4 Å². The third kappa shape index (κ3) is 2.80. The number of fused-ring (bicyclic) bond motifs is 1. The molecule has 1 aromatic carbocycles. The summed E-state index contributed by atoms with van der Waals surface area (Å²) in [4.78, 5) is 7.30. The summed E-state index contributed by atoms with van der Waals surface area (Å²) in [7, 11) is 0. The zero-order valence-electron chi connectivity index (χ0n) is 12.9. The van der Waals surface area contributed by atoms with Crippen LogP contribution in [0.25, 0.3) is 16.9 Å². The number of rotatable bonds is 3. The van der Waals surface area contributed by atoms with Crippen molar-refractivity contribution in [1.82, 2.24) is 14.3 Å². The third-order valence-electron chi connectivity index (χ3n) is 4.41. The lowest BCUT2D eigenvalue weighted by Crippen LogP contribution is -2.19. The Balaban J connectivity index is 1.87. The second-order valence-corrected chi connectivity index (χ2v) is 6.53. The Labute approximate surface area is 140 Å². The van der Waals surface area contributed by atoms with E-state index in [-0.39, 0.29) is 0 Å². The third-order valence-corrected chi connectivity index (χ3v) is 4.64. The van der Waals surface area contributed by atoms with Gasteiger partial charge in [0, 0.05) is 24.0 Å². The highest BCUT2D eigenvalue weighted by Gasteiger charge is 2.19. The molecule has 0 unspecified atom stereocenters. The zero-order valence-corrected chi connectivity index (χ0v) is 13.6. The van der Waals surface area contributed by atoms with Crippen molar-refractivity contribution in [2.75, 3.05) is 18.8 Å². The molecule has 1 fully saturated rings. The Kier molecular flexibility index (Phi) is 3.71.